The van der Waals surface area contributed by atoms with Crippen molar-refractivity contribution in [2.75, 3.05) is 6.79 Å². The van der Waals surface area contributed by atoms with Gasteiger partial charge in [0.25, 0.3) is 5.91 Å². The van der Waals surface area contributed by atoms with E-state index in [0.717, 1.165) is 5.56 Å². The summed E-state index contributed by atoms with van der Waals surface area (Å²) in [6, 6.07) is 7.11. The van der Waals surface area contributed by atoms with Crippen molar-refractivity contribution in [2.24, 2.45) is 5.10 Å². The Balaban J connectivity index is 1.67. The lowest BCUT2D eigenvalue weighted by Crippen LogP contribution is -2.17. The zero-order chi connectivity index (χ0) is 14.8. The molecule has 0 unspecified atom stereocenters. The van der Waals surface area contributed by atoms with E-state index in [4.69, 9.17) is 13.9 Å². The van der Waals surface area contributed by atoms with E-state index in [9.17, 15) is 4.79 Å². The number of benzene rings is 1. The standard InChI is InChI=1S/C15H14N2O4/c1-9-5-12(10(2)21-9)15(18)17-16-7-11-3-4-13-14(6-11)20-8-19-13/h3-7H,8H2,1-2H3,(H,17,18)/b16-7-. The van der Waals surface area contributed by atoms with Crippen LogP contribution >= 0.6 is 0 Å². The molecule has 0 saturated heterocycles. The minimum Gasteiger partial charge on any atom is -0.466 e. The van der Waals surface area contributed by atoms with Crippen LogP contribution in [0.2, 0.25) is 0 Å². The molecule has 6 heteroatoms. The molecule has 0 saturated carbocycles. The summed E-state index contributed by atoms with van der Waals surface area (Å²) < 4.78 is 15.8. The number of fused-ring (bicyclic) bond motifs is 1. The molecular weight excluding hydrogens is 272 g/mol. The molecule has 0 aliphatic carbocycles. The predicted molar refractivity (Wildman–Crippen MR) is 75.8 cm³/mol. The van der Waals surface area contributed by atoms with Crippen LogP contribution in [0.5, 0.6) is 11.5 Å². The van der Waals surface area contributed by atoms with E-state index in [0.29, 0.717) is 28.6 Å². The first-order chi connectivity index (χ1) is 10.1. The lowest BCUT2D eigenvalue weighted by Gasteiger charge is -1.99. The van der Waals surface area contributed by atoms with Crippen molar-refractivity contribution in [3.63, 3.8) is 0 Å². The van der Waals surface area contributed by atoms with Crippen molar-refractivity contribution in [3.05, 3.63) is 46.9 Å². The predicted octanol–water partition coefficient (Wildman–Crippen LogP) is 2.39. The zero-order valence-corrected chi connectivity index (χ0v) is 11.7. The molecule has 108 valence electrons. The number of nitrogens with zero attached hydrogens (tertiary/aromatic N) is 1. The van der Waals surface area contributed by atoms with Crippen molar-refractivity contribution in [2.45, 2.75) is 13.8 Å². The summed E-state index contributed by atoms with van der Waals surface area (Å²) in [7, 11) is 0. The van der Waals surface area contributed by atoms with Crippen LogP contribution in [0.25, 0.3) is 0 Å². The lowest BCUT2D eigenvalue weighted by atomic mass is 10.2. The number of hydrogen-bond acceptors (Lipinski definition) is 5. The van der Waals surface area contributed by atoms with Crippen molar-refractivity contribution in [1.82, 2.24) is 5.43 Å². The molecule has 1 aromatic heterocycles. The summed E-state index contributed by atoms with van der Waals surface area (Å²) in [5.41, 5.74) is 3.75. The van der Waals surface area contributed by atoms with Gasteiger partial charge < -0.3 is 13.9 Å². The molecular formula is C15H14N2O4. The summed E-state index contributed by atoms with van der Waals surface area (Å²) >= 11 is 0. The van der Waals surface area contributed by atoms with Gasteiger partial charge in [-0.25, -0.2) is 5.43 Å². The molecule has 0 spiro atoms. The van der Waals surface area contributed by atoms with E-state index in [1.807, 2.05) is 6.07 Å². The van der Waals surface area contributed by atoms with Crippen molar-refractivity contribution >= 4 is 12.1 Å². The summed E-state index contributed by atoms with van der Waals surface area (Å²) in [5.74, 6) is 2.34. The molecule has 0 radical (unpaired) electrons. The van der Waals surface area contributed by atoms with Gasteiger partial charge in [0.05, 0.1) is 11.8 Å². The monoisotopic (exact) mass is 286 g/mol. The van der Waals surface area contributed by atoms with Crippen molar-refractivity contribution in [1.29, 1.82) is 0 Å². The van der Waals surface area contributed by atoms with Gasteiger partial charge in [0.15, 0.2) is 11.5 Å². The first-order valence-electron chi connectivity index (χ1n) is 6.43. The third-order valence-electron chi connectivity index (χ3n) is 3.06. The van der Waals surface area contributed by atoms with Gasteiger partial charge >= 0.3 is 0 Å². The second-order valence-corrected chi connectivity index (χ2v) is 4.64. The molecule has 1 aromatic carbocycles. The van der Waals surface area contributed by atoms with Crippen LogP contribution in [-0.2, 0) is 0 Å². The zero-order valence-electron chi connectivity index (χ0n) is 11.7. The SMILES string of the molecule is Cc1cc(C(=O)N/N=C\c2ccc3c(c2)OCO3)c(C)o1. The van der Waals surface area contributed by atoms with Gasteiger partial charge in [-0.2, -0.15) is 5.10 Å². The number of carbonyl (C=O) groups excluding carboxylic acids is 1. The highest BCUT2D eigenvalue weighted by Gasteiger charge is 2.13. The normalized spacial score (nSPS) is 12.9. The Hall–Kier alpha value is -2.76. The molecule has 2 heterocycles. The smallest absolute Gasteiger partial charge is 0.274 e. The van der Waals surface area contributed by atoms with Crippen LogP contribution in [0.3, 0.4) is 0 Å². The maximum Gasteiger partial charge on any atom is 0.274 e. The molecule has 1 amide bonds. The fourth-order valence-electron chi connectivity index (χ4n) is 2.08. The summed E-state index contributed by atoms with van der Waals surface area (Å²) in [6.45, 7) is 3.76. The number of carbonyl (C=O) groups is 1. The number of hydrazone groups is 1. The highest BCUT2D eigenvalue weighted by atomic mass is 16.7. The molecule has 1 aliphatic heterocycles. The fraction of sp³-hybridized carbons (Fsp3) is 0.200. The second kappa shape index (κ2) is 5.32. The average Bonchev–Trinajstić information content (AvgIpc) is 3.04. The number of amides is 1. The van der Waals surface area contributed by atoms with E-state index in [1.165, 1.54) is 0 Å². The van der Waals surface area contributed by atoms with Crippen LogP contribution in [0.1, 0.15) is 27.4 Å². The molecule has 21 heavy (non-hydrogen) atoms. The number of hydrogen-bond donors (Lipinski definition) is 1. The third kappa shape index (κ3) is 2.74. The third-order valence-corrected chi connectivity index (χ3v) is 3.06. The topological polar surface area (TPSA) is 73.1 Å². The molecule has 1 aliphatic rings. The van der Waals surface area contributed by atoms with Gasteiger partial charge in [-0.15, -0.1) is 0 Å². The number of nitrogens with one attached hydrogen (secondary N) is 1. The van der Waals surface area contributed by atoms with E-state index in [2.05, 4.69) is 10.5 Å². The molecule has 0 atom stereocenters. The highest BCUT2D eigenvalue weighted by molar-refractivity contribution is 5.95. The average molecular weight is 286 g/mol. The number of rotatable bonds is 3. The Morgan fingerprint density at radius 1 is 1.24 bits per heavy atom. The Labute approximate surface area is 121 Å². The van der Waals surface area contributed by atoms with Crippen LogP contribution in [-0.4, -0.2) is 18.9 Å². The first-order valence-corrected chi connectivity index (χ1v) is 6.43. The van der Waals surface area contributed by atoms with Crippen molar-refractivity contribution in [3.8, 4) is 11.5 Å². The van der Waals surface area contributed by atoms with Crippen LogP contribution in [0, 0.1) is 13.8 Å². The summed E-state index contributed by atoms with van der Waals surface area (Å²) in [5, 5.41) is 3.93. The van der Waals surface area contributed by atoms with Gasteiger partial charge in [-0.05, 0) is 43.7 Å². The second-order valence-electron chi connectivity index (χ2n) is 4.64. The first kappa shape index (κ1) is 13.2. The van der Waals surface area contributed by atoms with Gasteiger partial charge in [-0.1, -0.05) is 0 Å². The molecule has 0 bridgehead atoms. The summed E-state index contributed by atoms with van der Waals surface area (Å²) in [6.07, 6.45) is 1.54. The van der Waals surface area contributed by atoms with Gasteiger partial charge in [0, 0.05) is 0 Å². The Bertz CT molecular complexity index is 718. The van der Waals surface area contributed by atoms with Gasteiger partial charge in [0.1, 0.15) is 11.5 Å². The van der Waals surface area contributed by atoms with E-state index in [1.54, 1.807) is 38.3 Å². The van der Waals surface area contributed by atoms with Gasteiger partial charge in [-0.3, -0.25) is 4.79 Å². The molecule has 1 N–H and O–H groups in total. The highest BCUT2D eigenvalue weighted by Crippen LogP contribution is 2.31. The summed E-state index contributed by atoms with van der Waals surface area (Å²) in [4.78, 5) is 11.9. The molecule has 6 nitrogen and oxygen atoms in total. The largest absolute Gasteiger partial charge is 0.466 e. The van der Waals surface area contributed by atoms with Crippen molar-refractivity contribution < 1.29 is 18.7 Å². The number of ether oxygens (including phenoxy) is 2. The number of furan rings is 1. The van der Waals surface area contributed by atoms with Crippen LogP contribution < -0.4 is 14.9 Å². The van der Waals surface area contributed by atoms with Gasteiger partial charge in [0.2, 0.25) is 6.79 Å². The van der Waals surface area contributed by atoms with Crippen LogP contribution in [0.15, 0.2) is 33.8 Å². The Morgan fingerprint density at radius 3 is 2.81 bits per heavy atom. The van der Waals surface area contributed by atoms with E-state index in [-0.39, 0.29) is 12.7 Å². The fourth-order valence-corrected chi connectivity index (χ4v) is 2.08. The minimum absolute atomic E-state index is 0.228. The maximum atomic E-state index is 11.9. The lowest BCUT2D eigenvalue weighted by molar-refractivity contribution is 0.0953. The molecule has 3 rings (SSSR count). The quantitative estimate of drug-likeness (QED) is 0.694. The minimum atomic E-state index is -0.304. The van der Waals surface area contributed by atoms with Crippen LogP contribution in [0.4, 0.5) is 0 Å². The Morgan fingerprint density at radius 2 is 2.05 bits per heavy atom. The molecule has 0 fully saturated rings. The number of aryl methyl sites for hydroxylation is 2. The van der Waals surface area contributed by atoms with E-state index < -0.39 is 0 Å². The molecule has 2 aromatic rings. The van der Waals surface area contributed by atoms with E-state index >= 15 is 0 Å². The maximum absolute atomic E-state index is 11.9. The Kier molecular flexibility index (Phi) is 3.35.